The Morgan fingerprint density at radius 3 is 1.21 bits per heavy atom. The summed E-state index contributed by atoms with van der Waals surface area (Å²) in [6, 6.07) is 8.36. The summed E-state index contributed by atoms with van der Waals surface area (Å²) in [5, 5.41) is 2.55. The van der Waals surface area contributed by atoms with Crippen LogP contribution in [0.3, 0.4) is 0 Å². The van der Waals surface area contributed by atoms with Crippen LogP contribution in [0.2, 0.25) is 0 Å². The Morgan fingerprint density at radius 1 is 0.579 bits per heavy atom. The van der Waals surface area contributed by atoms with Crippen molar-refractivity contribution in [2.75, 3.05) is 0 Å². The Bertz CT molecular complexity index is 506. The number of allylic oxidation sites excluding steroid dienone is 4. The molecule has 1 aliphatic rings. The second-order valence-corrected chi connectivity index (χ2v) is 2.73. The van der Waals surface area contributed by atoms with Crippen molar-refractivity contribution in [2.45, 2.75) is 0 Å². The Hall–Kier alpha value is -1.82. The maximum absolute atomic E-state index is 7.50. The van der Waals surface area contributed by atoms with E-state index in [1.54, 1.807) is 0 Å². The smallest absolute Gasteiger partial charge is 0 e. The molecule has 0 aliphatic heterocycles. The van der Waals surface area contributed by atoms with Gasteiger partial charge in [0.15, 0.2) is 0 Å². The van der Waals surface area contributed by atoms with Gasteiger partial charge in [-0.3, -0.25) is 0 Å². The first-order valence-electron chi connectivity index (χ1n) is 4.68. The normalized spacial score (nSPS) is 15.9. The van der Waals surface area contributed by atoms with E-state index in [1.165, 1.54) is 10.4 Å². The second-order valence-electron chi connectivity index (χ2n) is 2.73. The van der Waals surface area contributed by atoms with Gasteiger partial charge >= 0.3 is 33.9 Å². The predicted molar refractivity (Wildman–Crippen MR) is 64.7 cm³/mol. The molecule has 96 valence electrons. The number of fused-ring (bicyclic) bond motifs is 1. The van der Waals surface area contributed by atoms with Crippen molar-refractivity contribution in [1.29, 1.82) is 0 Å². The van der Waals surface area contributed by atoms with Crippen molar-refractivity contribution in [2.24, 2.45) is 0 Å². The summed E-state index contributed by atoms with van der Waals surface area (Å²) in [7, 11) is 0. The summed E-state index contributed by atoms with van der Waals surface area (Å²) in [4.78, 5) is 0. The zero-order valence-electron chi connectivity index (χ0n) is 9.85. The van der Waals surface area contributed by atoms with Crippen LogP contribution in [-0.4, -0.2) is 0 Å². The van der Waals surface area contributed by atoms with Crippen LogP contribution in [0.5, 0.6) is 0 Å². The third kappa shape index (κ3) is 9.84. The molecule has 0 unspecified atom stereocenters. The minimum Gasteiger partial charge on any atom is 0 e. The topological polar surface area (TPSA) is 59.7 Å². The summed E-state index contributed by atoms with van der Waals surface area (Å²) in [5.41, 5.74) is 0. The van der Waals surface area contributed by atoms with Gasteiger partial charge in [0.2, 0.25) is 0 Å². The Morgan fingerprint density at radius 2 is 0.895 bits per heavy atom. The molecular formula is C15H10FeO3. The molecule has 1 aliphatic carbocycles. The van der Waals surface area contributed by atoms with E-state index >= 15 is 0 Å². The minimum absolute atomic E-state index is 0. The zero-order chi connectivity index (χ0) is 14.2. The van der Waals surface area contributed by atoms with Gasteiger partial charge in [-0.2, -0.15) is 0 Å². The monoisotopic (exact) mass is 294 g/mol. The van der Waals surface area contributed by atoms with Crippen LogP contribution in [0.25, 0.3) is 12.2 Å². The number of rotatable bonds is 0. The molecular weight excluding hydrogens is 284 g/mol. The molecule has 0 N–H and O–H groups in total. The molecule has 0 bridgehead atoms. The molecule has 3 nitrogen and oxygen atoms in total. The van der Waals surface area contributed by atoms with E-state index in [4.69, 9.17) is 14.0 Å². The van der Waals surface area contributed by atoms with Gasteiger partial charge < -0.3 is 0 Å². The number of hydrogen-bond donors (Lipinski definition) is 0. The van der Waals surface area contributed by atoms with E-state index in [1.807, 2.05) is 12.2 Å². The van der Waals surface area contributed by atoms with E-state index < -0.39 is 0 Å². The molecule has 0 fully saturated rings. The molecule has 19 heavy (non-hydrogen) atoms. The average molecular weight is 294 g/mol. The van der Waals surface area contributed by atoms with E-state index in [9.17, 15) is 0 Å². The number of benzene rings is 1. The van der Waals surface area contributed by atoms with Gasteiger partial charge in [-0.15, -0.1) is 0 Å². The fourth-order valence-electron chi connectivity index (χ4n) is 1.26. The molecule has 1 aromatic carbocycles. The molecule has 0 spiro atoms. The molecule has 0 atom stereocenters. The van der Waals surface area contributed by atoms with Gasteiger partial charge in [0.1, 0.15) is 0 Å². The van der Waals surface area contributed by atoms with Crippen molar-refractivity contribution < 1.29 is 31.0 Å². The van der Waals surface area contributed by atoms with Crippen LogP contribution < -0.4 is 10.4 Å². The molecule has 0 radical (unpaired) electrons. The van der Waals surface area contributed by atoms with E-state index in [0.29, 0.717) is 0 Å². The maximum atomic E-state index is 7.50. The zero-order valence-corrected chi connectivity index (χ0v) is 11.0. The van der Waals surface area contributed by atoms with Crippen molar-refractivity contribution in [3.8, 4) is 0 Å². The molecule has 0 amide bonds. The SMILES string of the molecule is C1=C\C=c2\cccc\c2=C\C=C/1.[C-]#[O+].[C-]#[O+].[C-]#[O+].[Fe]. The van der Waals surface area contributed by atoms with Crippen LogP contribution in [0.4, 0.5) is 0 Å². The molecule has 2 rings (SSSR count). The van der Waals surface area contributed by atoms with Gasteiger partial charge in [0.25, 0.3) is 0 Å². The van der Waals surface area contributed by atoms with Crippen LogP contribution >= 0.6 is 0 Å². The summed E-state index contributed by atoms with van der Waals surface area (Å²) >= 11 is 0. The van der Waals surface area contributed by atoms with Crippen LogP contribution in [0, 0.1) is 20.0 Å². The van der Waals surface area contributed by atoms with Crippen molar-refractivity contribution >= 4 is 12.2 Å². The summed E-state index contributed by atoms with van der Waals surface area (Å²) in [5.74, 6) is 0. The second kappa shape index (κ2) is 18.5. The molecule has 4 heteroatoms. The molecule has 0 saturated carbocycles. The third-order valence-corrected chi connectivity index (χ3v) is 1.88. The Labute approximate surface area is 122 Å². The van der Waals surface area contributed by atoms with Gasteiger partial charge in [-0.05, 0) is 10.4 Å². The van der Waals surface area contributed by atoms with Crippen LogP contribution in [0.1, 0.15) is 0 Å². The first-order valence-corrected chi connectivity index (χ1v) is 4.68. The Kier molecular flexibility index (Phi) is 21.8. The van der Waals surface area contributed by atoms with Gasteiger partial charge in [-0.1, -0.05) is 60.7 Å². The summed E-state index contributed by atoms with van der Waals surface area (Å²) in [6.07, 6.45) is 12.4. The Balaban J connectivity index is -0.000000325. The van der Waals surface area contributed by atoms with Gasteiger partial charge in [0, 0.05) is 17.1 Å². The number of hydrogen-bond acceptors (Lipinski definition) is 0. The third-order valence-electron chi connectivity index (χ3n) is 1.88. The van der Waals surface area contributed by atoms with Crippen LogP contribution in [-0.2, 0) is 31.0 Å². The maximum Gasteiger partial charge on any atom is 0 e. The van der Waals surface area contributed by atoms with Gasteiger partial charge in [0.05, 0.1) is 0 Å². The van der Waals surface area contributed by atoms with Crippen molar-refractivity contribution in [3.63, 3.8) is 0 Å². The van der Waals surface area contributed by atoms with E-state index in [2.05, 4.69) is 68.5 Å². The fourth-order valence-corrected chi connectivity index (χ4v) is 1.26. The quantitative estimate of drug-likeness (QED) is 0.393. The largest absolute Gasteiger partial charge is 0 e. The standard InChI is InChI=1S/C12H10.3CO.Fe/c1-2-4-8-12-10-6-5-9-11(12)7-3-1;3*1-2;/h1-10H;;;;/b2-1?,3-1-,4-2-,7-3?,8-4?,11-7-,12-8-;;;;. The van der Waals surface area contributed by atoms with Crippen molar-refractivity contribution in [1.82, 2.24) is 0 Å². The van der Waals surface area contributed by atoms with E-state index in [0.717, 1.165) is 0 Å². The summed E-state index contributed by atoms with van der Waals surface area (Å²) in [6.45, 7) is 13.5. The first kappa shape index (κ1) is 22.4. The van der Waals surface area contributed by atoms with Gasteiger partial charge in [-0.25, -0.2) is 0 Å². The fraction of sp³-hybridized carbons (Fsp3) is 0. The average Bonchev–Trinajstić information content (AvgIpc) is 2.46. The summed E-state index contributed by atoms with van der Waals surface area (Å²) < 4.78 is 22.5. The van der Waals surface area contributed by atoms with Crippen LogP contribution in [0.15, 0.2) is 48.6 Å². The molecule has 0 heterocycles. The molecule has 1 aromatic rings. The first-order chi connectivity index (χ1) is 8.97. The molecule has 0 saturated heterocycles. The van der Waals surface area contributed by atoms with Crippen molar-refractivity contribution in [3.05, 3.63) is 79.0 Å². The minimum atomic E-state index is 0. The van der Waals surface area contributed by atoms with E-state index in [-0.39, 0.29) is 17.1 Å². The predicted octanol–water partition coefficient (Wildman–Crippen LogP) is 1.26. The molecule has 0 aromatic heterocycles.